The van der Waals surface area contributed by atoms with E-state index in [1.165, 1.54) is 11.8 Å². The number of ketones is 1. The molecule has 124 valence electrons. The van der Waals surface area contributed by atoms with Crippen LogP contribution in [-0.4, -0.2) is 36.1 Å². The van der Waals surface area contributed by atoms with Crippen LogP contribution in [0.3, 0.4) is 0 Å². The first-order valence-corrected chi connectivity index (χ1v) is 8.89. The lowest BCUT2D eigenvalue weighted by Crippen LogP contribution is -2.05. The van der Waals surface area contributed by atoms with Crippen LogP contribution in [0, 0.1) is 0 Å². The topological polar surface area (TPSA) is 65.6 Å². The number of benzene rings is 1. The highest BCUT2D eigenvalue weighted by atomic mass is 32.2. The summed E-state index contributed by atoms with van der Waals surface area (Å²) >= 11 is 1.41. The smallest absolute Gasteiger partial charge is 0.191 e. The second-order valence-corrected chi connectivity index (χ2v) is 6.13. The van der Waals surface area contributed by atoms with Crippen molar-refractivity contribution in [3.63, 3.8) is 0 Å². The molecule has 0 aliphatic heterocycles. The Morgan fingerprint density at radius 2 is 1.88 bits per heavy atom. The van der Waals surface area contributed by atoms with E-state index in [-0.39, 0.29) is 5.78 Å². The van der Waals surface area contributed by atoms with Gasteiger partial charge in [-0.05, 0) is 19.9 Å². The van der Waals surface area contributed by atoms with Crippen LogP contribution in [0.5, 0.6) is 0 Å². The third-order valence-corrected chi connectivity index (χ3v) is 4.62. The SMILES string of the molecule is CCn1ccc(-c2nnc(SCC(=O)c3ccccc3)n2CC)n1. The predicted octanol–water partition coefficient (Wildman–Crippen LogP) is 3.16. The number of thioether (sulfide) groups is 1. The molecule has 6 nitrogen and oxygen atoms in total. The van der Waals surface area contributed by atoms with Gasteiger partial charge < -0.3 is 4.57 Å². The number of nitrogens with zero attached hydrogens (tertiary/aromatic N) is 5. The second-order valence-electron chi connectivity index (χ2n) is 5.18. The Hall–Kier alpha value is -2.41. The Kier molecular flexibility index (Phi) is 5.10. The van der Waals surface area contributed by atoms with Crippen LogP contribution in [0.4, 0.5) is 0 Å². The highest BCUT2D eigenvalue weighted by Gasteiger charge is 2.16. The molecule has 3 rings (SSSR count). The van der Waals surface area contributed by atoms with Crippen LogP contribution in [0.25, 0.3) is 11.5 Å². The molecule has 0 aliphatic rings. The van der Waals surface area contributed by atoms with Gasteiger partial charge in [-0.25, -0.2) is 0 Å². The molecule has 0 radical (unpaired) electrons. The number of hydrogen-bond donors (Lipinski definition) is 0. The number of hydrogen-bond acceptors (Lipinski definition) is 5. The molecule has 0 fully saturated rings. The van der Waals surface area contributed by atoms with Crippen molar-refractivity contribution < 1.29 is 4.79 Å². The van der Waals surface area contributed by atoms with Crippen LogP contribution >= 0.6 is 11.8 Å². The first kappa shape index (κ1) is 16.4. The van der Waals surface area contributed by atoms with Gasteiger partial charge in [-0.15, -0.1) is 10.2 Å². The largest absolute Gasteiger partial charge is 0.301 e. The molecule has 0 atom stereocenters. The molecule has 0 spiro atoms. The molecule has 24 heavy (non-hydrogen) atoms. The van der Waals surface area contributed by atoms with Gasteiger partial charge in [-0.3, -0.25) is 9.48 Å². The van der Waals surface area contributed by atoms with E-state index in [2.05, 4.69) is 15.3 Å². The van der Waals surface area contributed by atoms with Crippen molar-refractivity contribution in [2.45, 2.75) is 32.1 Å². The van der Waals surface area contributed by atoms with E-state index in [1.807, 2.05) is 65.7 Å². The minimum absolute atomic E-state index is 0.0862. The average molecular weight is 341 g/mol. The first-order valence-electron chi connectivity index (χ1n) is 7.91. The number of carbonyl (C=O) groups is 1. The molecule has 0 amide bonds. The fourth-order valence-corrected chi connectivity index (χ4v) is 3.26. The minimum Gasteiger partial charge on any atom is -0.301 e. The number of aryl methyl sites for hydroxylation is 1. The zero-order chi connectivity index (χ0) is 16.9. The molecule has 0 unspecified atom stereocenters. The molecule has 0 bridgehead atoms. The third kappa shape index (κ3) is 3.41. The van der Waals surface area contributed by atoms with Crippen molar-refractivity contribution in [2.75, 3.05) is 5.75 Å². The minimum atomic E-state index is 0.0862. The van der Waals surface area contributed by atoms with Gasteiger partial charge in [0.2, 0.25) is 0 Å². The van der Waals surface area contributed by atoms with Gasteiger partial charge in [-0.2, -0.15) is 5.10 Å². The highest BCUT2D eigenvalue weighted by molar-refractivity contribution is 7.99. The maximum absolute atomic E-state index is 12.2. The summed E-state index contributed by atoms with van der Waals surface area (Å²) < 4.78 is 3.85. The van der Waals surface area contributed by atoms with E-state index in [4.69, 9.17) is 0 Å². The van der Waals surface area contributed by atoms with Crippen molar-refractivity contribution in [1.82, 2.24) is 24.5 Å². The first-order chi connectivity index (χ1) is 11.7. The molecule has 0 aliphatic carbocycles. The number of Topliss-reactive ketones (excluding diaryl/α,β-unsaturated/α-hetero) is 1. The fraction of sp³-hybridized carbons (Fsp3) is 0.294. The van der Waals surface area contributed by atoms with Crippen LogP contribution in [0.2, 0.25) is 0 Å². The van der Waals surface area contributed by atoms with Gasteiger partial charge in [0.15, 0.2) is 16.8 Å². The highest BCUT2D eigenvalue weighted by Crippen LogP contribution is 2.23. The predicted molar refractivity (Wildman–Crippen MR) is 94.1 cm³/mol. The summed E-state index contributed by atoms with van der Waals surface area (Å²) in [5.74, 6) is 1.16. The summed E-state index contributed by atoms with van der Waals surface area (Å²) in [5.41, 5.74) is 1.52. The molecule has 1 aromatic carbocycles. The van der Waals surface area contributed by atoms with E-state index in [9.17, 15) is 4.79 Å². The van der Waals surface area contributed by atoms with Crippen LogP contribution in [0.1, 0.15) is 24.2 Å². The lowest BCUT2D eigenvalue weighted by molar-refractivity contribution is 0.102. The van der Waals surface area contributed by atoms with E-state index in [0.29, 0.717) is 5.75 Å². The zero-order valence-corrected chi connectivity index (χ0v) is 14.5. The van der Waals surface area contributed by atoms with E-state index in [0.717, 1.165) is 35.3 Å². The standard InChI is InChI=1S/C17H19N5OS/c1-3-21-11-10-14(20-21)16-18-19-17(22(16)4-2)24-12-15(23)13-8-6-5-7-9-13/h5-11H,3-4,12H2,1-2H3. The van der Waals surface area contributed by atoms with Gasteiger partial charge >= 0.3 is 0 Å². The van der Waals surface area contributed by atoms with E-state index in [1.54, 1.807) is 0 Å². The monoisotopic (exact) mass is 341 g/mol. The lowest BCUT2D eigenvalue weighted by atomic mass is 10.2. The zero-order valence-electron chi connectivity index (χ0n) is 13.7. The molecule has 3 aromatic rings. The Balaban J connectivity index is 1.76. The summed E-state index contributed by atoms with van der Waals surface area (Å²) in [5, 5.41) is 13.7. The van der Waals surface area contributed by atoms with Gasteiger partial charge in [0.25, 0.3) is 0 Å². The van der Waals surface area contributed by atoms with Crippen molar-refractivity contribution in [1.29, 1.82) is 0 Å². The van der Waals surface area contributed by atoms with E-state index < -0.39 is 0 Å². The van der Waals surface area contributed by atoms with Crippen LogP contribution in [-0.2, 0) is 13.1 Å². The van der Waals surface area contributed by atoms with Crippen molar-refractivity contribution in [2.24, 2.45) is 0 Å². The number of rotatable bonds is 7. The Bertz CT molecular complexity index is 825. The van der Waals surface area contributed by atoms with Crippen molar-refractivity contribution in [3.05, 3.63) is 48.2 Å². The summed E-state index contributed by atoms with van der Waals surface area (Å²) in [6.07, 6.45) is 1.93. The molecule has 2 heterocycles. The maximum atomic E-state index is 12.2. The molecule has 0 saturated heterocycles. The molecule has 0 saturated carbocycles. The lowest BCUT2D eigenvalue weighted by Gasteiger charge is -2.05. The molecule has 2 aromatic heterocycles. The molecule has 7 heteroatoms. The number of aromatic nitrogens is 5. The molecule has 0 N–H and O–H groups in total. The molecular weight excluding hydrogens is 322 g/mol. The summed E-state index contributed by atoms with van der Waals surface area (Å²) in [6, 6.07) is 11.2. The third-order valence-electron chi connectivity index (χ3n) is 3.65. The number of carbonyl (C=O) groups excluding carboxylic acids is 1. The van der Waals surface area contributed by atoms with Crippen molar-refractivity contribution >= 4 is 17.5 Å². The Morgan fingerprint density at radius 1 is 1.08 bits per heavy atom. The molecular formula is C17H19N5OS. The average Bonchev–Trinajstić information content (AvgIpc) is 3.26. The van der Waals surface area contributed by atoms with Gasteiger partial charge in [0, 0.05) is 24.8 Å². The fourth-order valence-electron chi connectivity index (χ4n) is 2.36. The summed E-state index contributed by atoms with van der Waals surface area (Å²) in [4.78, 5) is 12.2. The van der Waals surface area contributed by atoms with Gasteiger partial charge in [0.05, 0.1) is 5.75 Å². The van der Waals surface area contributed by atoms with Crippen molar-refractivity contribution in [3.8, 4) is 11.5 Å². The van der Waals surface area contributed by atoms with Gasteiger partial charge in [-0.1, -0.05) is 42.1 Å². The van der Waals surface area contributed by atoms with Crippen LogP contribution in [0.15, 0.2) is 47.8 Å². The van der Waals surface area contributed by atoms with Gasteiger partial charge in [0.1, 0.15) is 5.69 Å². The Morgan fingerprint density at radius 3 is 2.54 bits per heavy atom. The quantitative estimate of drug-likeness (QED) is 0.488. The summed E-state index contributed by atoms with van der Waals surface area (Å²) in [7, 11) is 0. The van der Waals surface area contributed by atoms with E-state index >= 15 is 0 Å². The maximum Gasteiger partial charge on any atom is 0.191 e. The normalized spacial score (nSPS) is 10.9. The second kappa shape index (κ2) is 7.44. The summed E-state index contributed by atoms with van der Waals surface area (Å²) in [6.45, 7) is 5.61. The Labute approximate surface area is 144 Å². The van der Waals surface area contributed by atoms with Crippen LogP contribution < -0.4 is 0 Å².